The van der Waals surface area contributed by atoms with Gasteiger partial charge in [-0.05, 0) is 66.1 Å². The van der Waals surface area contributed by atoms with E-state index in [2.05, 4.69) is 50.6 Å². The summed E-state index contributed by atoms with van der Waals surface area (Å²) in [6.07, 6.45) is 5.47. The lowest BCUT2D eigenvalue weighted by Crippen LogP contribution is -2.41. The molecule has 1 aromatic heterocycles. The second-order valence-electron chi connectivity index (χ2n) is 8.42. The summed E-state index contributed by atoms with van der Waals surface area (Å²) < 4.78 is 18.3. The van der Waals surface area contributed by atoms with Crippen LogP contribution in [0, 0.1) is 0 Å². The van der Waals surface area contributed by atoms with Crippen LogP contribution >= 0.6 is 0 Å². The second-order valence-corrected chi connectivity index (χ2v) is 8.42. The first-order chi connectivity index (χ1) is 12.3. The van der Waals surface area contributed by atoms with Crippen LogP contribution < -0.4 is 5.46 Å². The summed E-state index contributed by atoms with van der Waals surface area (Å²) in [4.78, 5) is 7.12. The van der Waals surface area contributed by atoms with Gasteiger partial charge in [-0.25, -0.2) is 0 Å². The monoisotopic (exact) mass is 360 g/mol. The van der Waals surface area contributed by atoms with Gasteiger partial charge in [-0.2, -0.15) is 0 Å². The van der Waals surface area contributed by atoms with Crippen LogP contribution in [0.1, 0.15) is 65.7 Å². The van der Waals surface area contributed by atoms with Crippen LogP contribution in [0.15, 0.2) is 18.3 Å². The third-order valence-electron chi connectivity index (χ3n) is 5.96. The molecule has 2 aliphatic rings. The lowest BCUT2D eigenvalue weighted by molar-refractivity contribution is 0.00578. The van der Waals surface area contributed by atoms with Crippen LogP contribution in [-0.2, 0) is 14.0 Å². The molecule has 1 aromatic rings. The van der Waals surface area contributed by atoms with Crippen molar-refractivity contribution in [1.29, 1.82) is 0 Å². The minimum absolute atomic E-state index is 0.0462. The van der Waals surface area contributed by atoms with Gasteiger partial charge in [0.05, 0.1) is 29.6 Å². The van der Waals surface area contributed by atoms with Crippen LogP contribution in [0.4, 0.5) is 0 Å². The number of aromatic nitrogens is 1. The van der Waals surface area contributed by atoms with Crippen molar-refractivity contribution >= 4 is 12.6 Å². The lowest BCUT2D eigenvalue weighted by atomic mass is 9.80. The molecule has 0 amide bonds. The number of hydrogen-bond donors (Lipinski definition) is 0. The maximum Gasteiger partial charge on any atom is 0.496 e. The quantitative estimate of drug-likeness (QED) is 0.700. The number of likely N-dealkylation sites (tertiary alicyclic amines) is 1. The molecule has 0 aromatic carbocycles. The fraction of sp³-hybridized carbons (Fsp3) is 0.750. The highest BCUT2D eigenvalue weighted by Gasteiger charge is 2.51. The van der Waals surface area contributed by atoms with Crippen molar-refractivity contribution in [2.45, 2.75) is 71.2 Å². The Balaban J connectivity index is 1.57. The first-order valence-corrected chi connectivity index (χ1v) is 9.98. The minimum Gasteiger partial charge on any atom is -0.399 e. The van der Waals surface area contributed by atoms with Gasteiger partial charge < -0.3 is 18.9 Å². The zero-order valence-corrected chi connectivity index (χ0v) is 17.0. The first-order valence-electron chi connectivity index (χ1n) is 9.98. The molecule has 144 valence electrons. The molecule has 0 spiro atoms. The van der Waals surface area contributed by atoms with E-state index in [-0.39, 0.29) is 24.4 Å². The molecule has 0 N–H and O–H groups in total. The maximum atomic E-state index is 6.10. The van der Waals surface area contributed by atoms with Crippen molar-refractivity contribution in [3.05, 3.63) is 24.0 Å². The maximum absolute atomic E-state index is 6.10. The van der Waals surface area contributed by atoms with Crippen molar-refractivity contribution in [3.63, 3.8) is 0 Å². The number of rotatable bonds is 7. The largest absolute Gasteiger partial charge is 0.496 e. The smallest absolute Gasteiger partial charge is 0.399 e. The van der Waals surface area contributed by atoms with E-state index in [1.807, 2.05) is 12.3 Å². The van der Waals surface area contributed by atoms with Crippen LogP contribution in [0.2, 0.25) is 0 Å². The molecular weight excluding hydrogens is 327 g/mol. The Morgan fingerprint density at radius 2 is 1.81 bits per heavy atom. The summed E-state index contributed by atoms with van der Waals surface area (Å²) in [7, 11) is -0.363. The van der Waals surface area contributed by atoms with Gasteiger partial charge in [0, 0.05) is 18.2 Å². The molecular formula is C20H33BN2O3. The summed E-state index contributed by atoms with van der Waals surface area (Å²) >= 11 is 0. The van der Waals surface area contributed by atoms with Gasteiger partial charge in [-0.3, -0.25) is 4.98 Å². The zero-order valence-electron chi connectivity index (χ0n) is 17.0. The van der Waals surface area contributed by atoms with Gasteiger partial charge in [-0.1, -0.05) is 13.0 Å². The van der Waals surface area contributed by atoms with E-state index in [0.717, 1.165) is 30.7 Å². The highest BCUT2D eigenvalue weighted by atomic mass is 16.7. The third kappa shape index (κ3) is 4.30. The minimum atomic E-state index is -0.363. The van der Waals surface area contributed by atoms with Crippen molar-refractivity contribution in [3.8, 4) is 0 Å². The normalized spacial score (nSPS) is 23.5. The Hall–Kier alpha value is -0.945. The van der Waals surface area contributed by atoms with Crippen LogP contribution in [0.25, 0.3) is 0 Å². The SMILES string of the molecule is CCC(OCCN1CCCC1)c1ccc(B2OC(C)(C)C(C)(C)O2)cn1. The number of pyridine rings is 1. The van der Waals surface area contributed by atoms with E-state index in [1.165, 1.54) is 25.9 Å². The van der Waals surface area contributed by atoms with Gasteiger partial charge in [0.15, 0.2) is 0 Å². The summed E-state index contributed by atoms with van der Waals surface area (Å²) in [5.74, 6) is 0. The Bertz CT molecular complexity index is 569. The van der Waals surface area contributed by atoms with E-state index in [0.29, 0.717) is 0 Å². The zero-order chi connectivity index (χ0) is 18.8. The average molecular weight is 360 g/mol. The van der Waals surface area contributed by atoms with Crippen LogP contribution in [-0.4, -0.2) is 54.4 Å². The Morgan fingerprint density at radius 1 is 1.15 bits per heavy atom. The first kappa shape index (κ1) is 19.8. The highest BCUT2D eigenvalue weighted by molar-refractivity contribution is 6.62. The molecule has 0 saturated carbocycles. The fourth-order valence-electron chi connectivity index (χ4n) is 3.47. The number of nitrogens with zero attached hydrogens (tertiary/aromatic N) is 2. The predicted molar refractivity (Wildman–Crippen MR) is 105 cm³/mol. The molecule has 0 radical (unpaired) electrons. The van der Waals surface area contributed by atoms with E-state index < -0.39 is 0 Å². The molecule has 3 heterocycles. The molecule has 2 fully saturated rings. The van der Waals surface area contributed by atoms with E-state index >= 15 is 0 Å². The van der Waals surface area contributed by atoms with Crippen molar-refractivity contribution in [1.82, 2.24) is 9.88 Å². The predicted octanol–water partition coefficient (Wildman–Crippen LogP) is 2.94. The molecule has 26 heavy (non-hydrogen) atoms. The molecule has 0 bridgehead atoms. The van der Waals surface area contributed by atoms with Gasteiger partial charge in [0.25, 0.3) is 0 Å². The number of hydrogen-bond acceptors (Lipinski definition) is 5. The molecule has 2 aliphatic heterocycles. The van der Waals surface area contributed by atoms with Gasteiger partial charge in [0.1, 0.15) is 0 Å². The van der Waals surface area contributed by atoms with E-state index in [1.54, 1.807) is 0 Å². The summed E-state index contributed by atoms with van der Waals surface area (Å²) in [5.41, 5.74) is 1.27. The highest BCUT2D eigenvalue weighted by Crippen LogP contribution is 2.36. The Labute approximate surface area is 158 Å². The van der Waals surface area contributed by atoms with Crippen molar-refractivity contribution in [2.24, 2.45) is 0 Å². The van der Waals surface area contributed by atoms with Gasteiger partial charge in [0.2, 0.25) is 0 Å². The van der Waals surface area contributed by atoms with E-state index in [4.69, 9.17) is 14.0 Å². The second kappa shape index (κ2) is 7.97. The molecule has 3 rings (SSSR count). The van der Waals surface area contributed by atoms with Gasteiger partial charge in [-0.15, -0.1) is 0 Å². The third-order valence-corrected chi connectivity index (χ3v) is 5.96. The molecule has 1 unspecified atom stereocenters. The molecule has 1 atom stereocenters. The fourth-order valence-corrected chi connectivity index (χ4v) is 3.47. The van der Waals surface area contributed by atoms with Crippen molar-refractivity contribution < 1.29 is 14.0 Å². The van der Waals surface area contributed by atoms with Crippen LogP contribution in [0.3, 0.4) is 0 Å². The summed E-state index contributed by atoms with van der Waals surface area (Å²) in [5, 5.41) is 0. The molecule has 2 saturated heterocycles. The summed E-state index contributed by atoms with van der Waals surface area (Å²) in [6, 6.07) is 4.10. The topological polar surface area (TPSA) is 43.8 Å². The van der Waals surface area contributed by atoms with Gasteiger partial charge >= 0.3 is 7.12 Å². The molecule has 0 aliphatic carbocycles. The van der Waals surface area contributed by atoms with Crippen LogP contribution in [0.5, 0.6) is 0 Å². The lowest BCUT2D eigenvalue weighted by Gasteiger charge is -2.32. The Kier molecular flexibility index (Phi) is 6.07. The Morgan fingerprint density at radius 3 is 2.35 bits per heavy atom. The van der Waals surface area contributed by atoms with E-state index in [9.17, 15) is 0 Å². The summed E-state index contributed by atoms with van der Waals surface area (Å²) in [6.45, 7) is 14.6. The number of ether oxygens (including phenoxy) is 1. The standard InChI is InChI=1S/C20H33BN2O3/c1-6-18(24-14-13-23-11-7-8-12-23)17-10-9-16(15-22-17)21-25-19(2,3)20(4,5)26-21/h9-10,15,18H,6-8,11-14H2,1-5H3. The molecule has 6 heteroatoms. The van der Waals surface area contributed by atoms with Crippen molar-refractivity contribution in [2.75, 3.05) is 26.2 Å². The average Bonchev–Trinajstić information content (AvgIpc) is 3.18. The molecule has 5 nitrogen and oxygen atoms in total.